The number of pyridine rings is 2. The second kappa shape index (κ2) is 6.64. The smallest absolute Gasteiger partial charge is 0.406 e. The Morgan fingerprint density at radius 3 is 2.71 bits per heavy atom. The molecule has 6 rings (SSSR count). The molecule has 2 aliphatic rings. The van der Waals surface area contributed by atoms with Crippen LogP contribution in [0.25, 0.3) is 23.3 Å². The standard InChI is InChI=1S/C24H22BN5O/c1-16-11-12-19-20-14-25(28(3)15-22(20)31-24(19)27-16)30-17(2)29(18-8-5-4-6-9-18)21-10-7-13-26-23(21)30/h4-15,17H,1-3H3/t17-/m0/s1. The summed E-state index contributed by atoms with van der Waals surface area (Å²) in [6, 6.07) is 18.8. The maximum absolute atomic E-state index is 6.06. The molecule has 7 heteroatoms. The fraction of sp³-hybridized carbons (Fsp3) is 0.167. The van der Waals surface area contributed by atoms with Crippen molar-refractivity contribution in [1.82, 2.24) is 14.8 Å². The van der Waals surface area contributed by atoms with Crippen LogP contribution >= 0.6 is 0 Å². The Bertz CT molecular complexity index is 1420. The Morgan fingerprint density at radius 1 is 1.03 bits per heavy atom. The highest BCUT2D eigenvalue weighted by atomic mass is 16.3. The van der Waals surface area contributed by atoms with Gasteiger partial charge in [0.05, 0.1) is 11.9 Å². The van der Waals surface area contributed by atoms with Gasteiger partial charge < -0.3 is 18.9 Å². The summed E-state index contributed by atoms with van der Waals surface area (Å²) < 4.78 is 6.06. The minimum Gasteiger partial charge on any atom is -0.436 e. The van der Waals surface area contributed by atoms with Gasteiger partial charge in [-0.3, -0.25) is 0 Å². The zero-order valence-electron chi connectivity index (χ0n) is 17.7. The molecule has 0 amide bonds. The van der Waals surface area contributed by atoms with Crippen molar-refractivity contribution < 1.29 is 4.42 Å². The summed E-state index contributed by atoms with van der Waals surface area (Å²) in [7, 11) is 2.08. The van der Waals surface area contributed by atoms with E-state index in [0.29, 0.717) is 5.71 Å². The molecule has 0 aliphatic carbocycles. The average Bonchev–Trinajstić information content (AvgIpc) is 3.26. The summed E-state index contributed by atoms with van der Waals surface area (Å²) in [6.45, 7) is 4.20. The number of aromatic nitrogens is 2. The highest BCUT2D eigenvalue weighted by molar-refractivity contribution is 6.75. The second-order valence-corrected chi connectivity index (χ2v) is 8.15. The van der Waals surface area contributed by atoms with E-state index in [1.54, 1.807) is 0 Å². The Kier molecular flexibility index (Phi) is 3.87. The molecule has 152 valence electrons. The van der Waals surface area contributed by atoms with E-state index < -0.39 is 0 Å². The van der Waals surface area contributed by atoms with Crippen molar-refractivity contribution in [2.45, 2.75) is 20.0 Å². The molecular weight excluding hydrogens is 385 g/mol. The summed E-state index contributed by atoms with van der Waals surface area (Å²) >= 11 is 0. The van der Waals surface area contributed by atoms with Crippen LogP contribution in [0.2, 0.25) is 0 Å². The predicted molar refractivity (Wildman–Crippen MR) is 125 cm³/mol. The van der Waals surface area contributed by atoms with Crippen LogP contribution in [0.1, 0.15) is 12.6 Å². The van der Waals surface area contributed by atoms with Gasteiger partial charge in [-0.25, -0.2) is 9.97 Å². The topological polar surface area (TPSA) is 48.6 Å². The molecule has 1 aromatic carbocycles. The molecule has 0 bridgehead atoms. The van der Waals surface area contributed by atoms with E-state index in [4.69, 9.17) is 9.40 Å². The number of hydrogen-bond acceptors (Lipinski definition) is 6. The Morgan fingerprint density at radius 2 is 1.87 bits per heavy atom. The lowest BCUT2D eigenvalue weighted by atomic mass is 9.69. The zero-order chi connectivity index (χ0) is 21.1. The van der Waals surface area contributed by atoms with Gasteiger partial charge in [-0.1, -0.05) is 24.2 Å². The van der Waals surface area contributed by atoms with Crippen LogP contribution in [0, 0.1) is 6.92 Å². The van der Waals surface area contributed by atoms with Crippen molar-refractivity contribution >= 4 is 47.5 Å². The normalized spacial score (nSPS) is 17.5. The number of nitrogens with zero attached hydrogens (tertiary/aromatic N) is 5. The molecule has 0 fully saturated rings. The van der Waals surface area contributed by atoms with Crippen LogP contribution < -0.4 is 20.3 Å². The minimum absolute atomic E-state index is 0.00744. The van der Waals surface area contributed by atoms with Crippen LogP contribution in [0.3, 0.4) is 0 Å². The van der Waals surface area contributed by atoms with Crippen LogP contribution in [-0.2, 0) is 0 Å². The van der Waals surface area contributed by atoms with Gasteiger partial charge in [-0.15, -0.1) is 0 Å². The largest absolute Gasteiger partial charge is 0.436 e. The number of rotatable bonds is 2. The van der Waals surface area contributed by atoms with Crippen molar-refractivity contribution in [2.24, 2.45) is 0 Å². The lowest BCUT2D eigenvalue weighted by Gasteiger charge is -2.36. The molecule has 0 spiro atoms. The lowest BCUT2D eigenvalue weighted by Crippen LogP contribution is -2.56. The maximum atomic E-state index is 6.06. The van der Waals surface area contributed by atoms with E-state index in [1.807, 2.05) is 31.3 Å². The fourth-order valence-electron chi connectivity index (χ4n) is 4.75. The molecule has 0 saturated carbocycles. The third-order valence-electron chi connectivity index (χ3n) is 6.18. The monoisotopic (exact) mass is 407 g/mol. The summed E-state index contributed by atoms with van der Waals surface area (Å²) in [5.74, 6) is 3.24. The van der Waals surface area contributed by atoms with Crippen molar-refractivity contribution in [2.75, 3.05) is 16.8 Å². The van der Waals surface area contributed by atoms with E-state index >= 15 is 0 Å². The van der Waals surface area contributed by atoms with Gasteiger partial charge in [-0.2, -0.15) is 0 Å². The zero-order valence-corrected chi connectivity index (χ0v) is 17.7. The molecule has 1 atom stereocenters. The number of hydrogen-bond donors (Lipinski definition) is 0. The minimum atomic E-state index is -0.00744. The number of furan rings is 1. The molecule has 0 saturated heterocycles. The summed E-state index contributed by atoms with van der Waals surface area (Å²) in [5.41, 5.74) is 4.75. The molecule has 0 radical (unpaired) electrons. The molecule has 2 aliphatic heterocycles. The molecular formula is C24H22BN5O. The van der Waals surface area contributed by atoms with Crippen LogP contribution in [0.5, 0.6) is 0 Å². The first-order valence-electron chi connectivity index (χ1n) is 10.5. The molecule has 4 aromatic rings. The number of aryl methyl sites for hydroxylation is 1. The molecule has 3 aromatic heterocycles. The highest BCUT2D eigenvalue weighted by Gasteiger charge is 2.42. The van der Waals surface area contributed by atoms with E-state index in [1.165, 1.54) is 0 Å². The Hall–Kier alpha value is -3.74. The van der Waals surface area contributed by atoms with Gasteiger partial charge in [-0.05, 0) is 57.3 Å². The molecule has 0 N–H and O–H groups in total. The summed E-state index contributed by atoms with van der Waals surface area (Å²) in [4.78, 5) is 16.2. The first-order valence-corrected chi connectivity index (χ1v) is 10.5. The van der Waals surface area contributed by atoms with Crippen LogP contribution in [0.15, 0.2) is 65.2 Å². The van der Waals surface area contributed by atoms with Crippen molar-refractivity contribution in [3.63, 3.8) is 0 Å². The fourth-order valence-corrected chi connectivity index (χ4v) is 4.75. The van der Waals surface area contributed by atoms with Gasteiger partial charge in [0.1, 0.15) is 5.82 Å². The number of anilines is 3. The number of benzene rings is 1. The highest BCUT2D eigenvalue weighted by Crippen LogP contribution is 2.43. The van der Waals surface area contributed by atoms with Gasteiger partial charge in [0.25, 0.3) is 0 Å². The van der Waals surface area contributed by atoms with Crippen molar-refractivity contribution in [3.05, 3.63) is 77.1 Å². The van der Waals surface area contributed by atoms with Crippen molar-refractivity contribution in [1.29, 1.82) is 0 Å². The molecule has 5 heterocycles. The molecule has 31 heavy (non-hydrogen) atoms. The van der Waals surface area contributed by atoms with Crippen molar-refractivity contribution in [3.8, 4) is 0 Å². The average molecular weight is 407 g/mol. The molecule has 6 nitrogen and oxygen atoms in total. The van der Waals surface area contributed by atoms with E-state index in [-0.39, 0.29) is 13.1 Å². The molecule has 0 unspecified atom stereocenters. The lowest BCUT2D eigenvalue weighted by molar-refractivity contribution is 0.550. The number of fused-ring (bicyclic) bond motifs is 4. The van der Waals surface area contributed by atoms with E-state index in [2.05, 4.69) is 82.1 Å². The SMILES string of the molecule is Cc1ccc2c3c(oc2n1)=CN(C)B(N1c2ncccc2N(c2ccccc2)[C@@H]1C)C=3. The second-order valence-electron chi connectivity index (χ2n) is 8.15. The van der Waals surface area contributed by atoms with Gasteiger partial charge in [0.2, 0.25) is 5.71 Å². The Balaban J connectivity index is 1.52. The Labute approximate surface area is 180 Å². The van der Waals surface area contributed by atoms with Gasteiger partial charge >= 0.3 is 6.98 Å². The van der Waals surface area contributed by atoms with Crippen LogP contribution in [-0.4, -0.2) is 35.0 Å². The van der Waals surface area contributed by atoms with Crippen LogP contribution in [0.4, 0.5) is 17.2 Å². The number of para-hydroxylation sites is 1. The third-order valence-corrected chi connectivity index (χ3v) is 6.18. The first kappa shape index (κ1) is 18.1. The summed E-state index contributed by atoms with van der Waals surface area (Å²) in [5, 5.41) is 2.14. The first-order chi connectivity index (χ1) is 15.1. The maximum Gasteiger partial charge on any atom is 0.406 e. The van der Waals surface area contributed by atoms with E-state index in [9.17, 15) is 0 Å². The predicted octanol–water partition coefficient (Wildman–Crippen LogP) is 3.03. The third kappa shape index (κ3) is 2.66. The quantitative estimate of drug-likeness (QED) is 0.476. The van der Waals surface area contributed by atoms with Gasteiger partial charge in [0, 0.05) is 34.4 Å². The van der Waals surface area contributed by atoms with Gasteiger partial charge in [0.15, 0.2) is 5.42 Å². The van der Waals surface area contributed by atoms with E-state index in [0.717, 1.165) is 38.9 Å². The summed E-state index contributed by atoms with van der Waals surface area (Å²) in [6.07, 6.45) is 4.02.